The fourth-order valence-corrected chi connectivity index (χ4v) is 2.89. The summed E-state index contributed by atoms with van der Waals surface area (Å²) in [7, 11) is 0. The van der Waals surface area contributed by atoms with E-state index in [9.17, 15) is 4.79 Å². The summed E-state index contributed by atoms with van der Waals surface area (Å²) in [6.45, 7) is 4.91. The fraction of sp³-hybridized carbons (Fsp3) is 0.375. The number of amides is 1. The molecule has 21 heavy (non-hydrogen) atoms. The van der Waals surface area contributed by atoms with Crippen LogP contribution in [-0.2, 0) is 6.42 Å². The second kappa shape index (κ2) is 7.78. The number of rotatable bonds is 7. The first-order valence-electron chi connectivity index (χ1n) is 7.22. The van der Waals surface area contributed by atoms with E-state index in [1.807, 2.05) is 13.0 Å². The van der Waals surface area contributed by atoms with Gasteiger partial charge in [0.25, 0.3) is 5.91 Å². The molecule has 2 aromatic rings. The molecule has 2 aromatic heterocycles. The molecule has 0 aliphatic rings. The number of pyridine rings is 1. The average Bonchev–Trinajstić information content (AvgIpc) is 2.98. The summed E-state index contributed by atoms with van der Waals surface area (Å²) >= 11 is 1.71. The van der Waals surface area contributed by atoms with Gasteiger partial charge in [0, 0.05) is 30.1 Å². The van der Waals surface area contributed by atoms with E-state index >= 15 is 0 Å². The smallest absolute Gasteiger partial charge is 0.255 e. The molecule has 2 N–H and O–H groups in total. The van der Waals surface area contributed by atoms with Crippen LogP contribution in [0.1, 0.15) is 35.5 Å². The Morgan fingerprint density at radius 1 is 1.38 bits per heavy atom. The van der Waals surface area contributed by atoms with Crippen molar-refractivity contribution in [1.82, 2.24) is 10.3 Å². The monoisotopic (exact) mass is 303 g/mol. The number of carbonyl (C=O) groups is 1. The molecule has 1 atom stereocenters. The van der Waals surface area contributed by atoms with E-state index in [1.54, 1.807) is 29.7 Å². The second-order valence-electron chi connectivity index (χ2n) is 4.98. The number of nitrogens with zero attached hydrogens (tertiary/aromatic N) is 1. The molecule has 4 nitrogen and oxygen atoms in total. The van der Waals surface area contributed by atoms with Crippen molar-refractivity contribution in [3.05, 3.63) is 46.3 Å². The summed E-state index contributed by atoms with van der Waals surface area (Å²) in [4.78, 5) is 17.9. The van der Waals surface area contributed by atoms with Gasteiger partial charge in [0.15, 0.2) is 0 Å². The lowest BCUT2D eigenvalue weighted by Crippen LogP contribution is -2.34. The Hall–Kier alpha value is -1.88. The number of thiophene rings is 1. The number of carbonyl (C=O) groups excluding carboxylic acids is 1. The number of aromatic nitrogens is 1. The highest BCUT2D eigenvalue weighted by molar-refractivity contribution is 7.09. The Morgan fingerprint density at radius 2 is 2.24 bits per heavy atom. The summed E-state index contributed by atoms with van der Waals surface area (Å²) in [5.74, 6) is 0.575. The zero-order valence-electron chi connectivity index (χ0n) is 12.4. The van der Waals surface area contributed by atoms with E-state index in [0.717, 1.165) is 19.4 Å². The van der Waals surface area contributed by atoms with Crippen LogP contribution in [0.25, 0.3) is 0 Å². The van der Waals surface area contributed by atoms with Gasteiger partial charge >= 0.3 is 0 Å². The molecule has 5 heteroatoms. The Kier molecular flexibility index (Phi) is 5.75. The van der Waals surface area contributed by atoms with E-state index < -0.39 is 0 Å². The molecule has 112 valence electrons. The largest absolute Gasteiger partial charge is 0.369 e. The van der Waals surface area contributed by atoms with Gasteiger partial charge in [-0.25, -0.2) is 4.98 Å². The van der Waals surface area contributed by atoms with Gasteiger partial charge in [-0.15, -0.1) is 11.3 Å². The highest BCUT2D eigenvalue weighted by Crippen LogP contribution is 2.14. The van der Waals surface area contributed by atoms with Gasteiger partial charge in [-0.3, -0.25) is 4.79 Å². The van der Waals surface area contributed by atoms with Gasteiger partial charge in [-0.05, 0) is 36.9 Å². The molecule has 0 aliphatic heterocycles. The quantitative estimate of drug-likeness (QED) is 0.825. The third kappa shape index (κ3) is 4.56. The van der Waals surface area contributed by atoms with Crippen LogP contribution >= 0.6 is 11.3 Å². The molecule has 0 bridgehead atoms. The third-order valence-electron chi connectivity index (χ3n) is 3.06. The highest BCUT2D eigenvalue weighted by atomic mass is 32.1. The predicted molar refractivity (Wildman–Crippen MR) is 88.0 cm³/mol. The first-order valence-corrected chi connectivity index (χ1v) is 8.10. The Labute approximate surface area is 129 Å². The number of hydrogen-bond acceptors (Lipinski definition) is 4. The van der Waals surface area contributed by atoms with Crippen LogP contribution in [0.5, 0.6) is 0 Å². The first-order chi connectivity index (χ1) is 10.2. The van der Waals surface area contributed by atoms with Crippen LogP contribution in [0.3, 0.4) is 0 Å². The molecular weight excluding hydrogens is 282 g/mol. The third-order valence-corrected chi connectivity index (χ3v) is 3.96. The van der Waals surface area contributed by atoms with Crippen molar-refractivity contribution >= 4 is 23.1 Å². The highest BCUT2D eigenvalue weighted by Gasteiger charge is 2.14. The normalized spacial score (nSPS) is 11.9. The minimum absolute atomic E-state index is 0.0780. The first kappa shape index (κ1) is 15.5. The molecule has 1 amide bonds. The summed E-state index contributed by atoms with van der Waals surface area (Å²) in [6, 6.07) is 7.80. The van der Waals surface area contributed by atoms with Crippen LogP contribution in [0, 0.1) is 0 Å². The van der Waals surface area contributed by atoms with Crippen molar-refractivity contribution in [2.24, 2.45) is 0 Å². The Balaban J connectivity index is 1.99. The van der Waals surface area contributed by atoms with E-state index in [4.69, 9.17) is 0 Å². The fourth-order valence-electron chi connectivity index (χ4n) is 2.06. The van der Waals surface area contributed by atoms with Crippen molar-refractivity contribution in [2.75, 3.05) is 11.9 Å². The summed E-state index contributed by atoms with van der Waals surface area (Å²) in [5.41, 5.74) is 0.601. The lowest BCUT2D eigenvalue weighted by atomic mass is 10.1. The standard InChI is InChI=1S/C16H21N3OS/c1-3-8-17-15-14(7-4-9-18-15)16(20)19-12(2)11-13-6-5-10-21-13/h4-7,9-10,12H,3,8,11H2,1-2H3,(H,17,18)(H,19,20). The molecule has 0 fully saturated rings. The SMILES string of the molecule is CCCNc1ncccc1C(=O)NC(C)Cc1cccs1. The van der Waals surface area contributed by atoms with E-state index in [-0.39, 0.29) is 11.9 Å². The summed E-state index contributed by atoms with van der Waals surface area (Å²) in [6.07, 6.45) is 3.54. The van der Waals surface area contributed by atoms with Gasteiger partial charge < -0.3 is 10.6 Å². The van der Waals surface area contributed by atoms with E-state index in [2.05, 4.69) is 34.0 Å². The number of anilines is 1. The van der Waals surface area contributed by atoms with Crippen molar-refractivity contribution in [2.45, 2.75) is 32.7 Å². The molecule has 2 heterocycles. The summed E-state index contributed by atoms with van der Waals surface area (Å²) < 4.78 is 0. The lowest BCUT2D eigenvalue weighted by molar-refractivity contribution is 0.0940. The van der Waals surface area contributed by atoms with Crippen molar-refractivity contribution in [3.63, 3.8) is 0 Å². The lowest BCUT2D eigenvalue weighted by Gasteiger charge is -2.15. The molecule has 0 saturated heterocycles. The van der Waals surface area contributed by atoms with Gasteiger partial charge in [0.2, 0.25) is 0 Å². The van der Waals surface area contributed by atoms with Crippen molar-refractivity contribution < 1.29 is 4.79 Å². The average molecular weight is 303 g/mol. The van der Waals surface area contributed by atoms with Crippen LogP contribution in [0.2, 0.25) is 0 Å². The predicted octanol–water partition coefficient (Wildman–Crippen LogP) is 3.33. The molecule has 0 spiro atoms. The molecule has 1 unspecified atom stereocenters. The van der Waals surface area contributed by atoms with Gasteiger partial charge in [0.05, 0.1) is 5.56 Å². The Morgan fingerprint density at radius 3 is 2.95 bits per heavy atom. The molecule has 0 saturated carbocycles. The zero-order valence-corrected chi connectivity index (χ0v) is 13.2. The van der Waals surface area contributed by atoms with Gasteiger partial charge in [-0.2, -0.15) is 0 Å². The molecule has 0 aromatic carbocycles. The van der Waals surface area contributed by atoms with Gasteiger partial charge in [0.1, 0.15) is 5.82 Å². The van der Waals surface area contributed by atoms with E-state index in [1.165, 1.54) is 4.88 Å². The van der Waals surface area contributed by atoms with E-state index in [0.29, 0.717) is 11.4 Å². The van der Waals surface area contributed by atoms with Crippen LogP contribution < -0.4 is 10.6 Å². The minimum Gasteiger partial charge on any atom is -0.369 e. The van der Waals surface area contributed by atoms with Crippen molar-refractivity contribution in [3.8, 4) is 0 Å². The molecule has 0 aliphatic carbocycles. The molecule has 0 radical (unpaired) electrons. The van der Waals surface area contributed by atoms with Crippen LogP contribution in [0.4, 0.5) is 5.82 Å². The number of hydrogen-bond donors (Lipinski definition) is 2. The minimum atomic E-state index is -0.0780. The van der Waals surface area contributed by atoms with Crippen LogP contribution in [0.15, 0.2) is 35.8 Å². The second-order valence-corrected chi connectivity index (χ2v) is 6.02. The maximum Gasteiger partial charge on any atom is 0.255 e. The maximum absolute atomic E-state index is 12.4. The van der Waals surface area contributed by atoms with Crippen LogP contribution in [-0.4, -0.2) is 23.5 Å². The Bertz CT molecular complexity index is 569. The topological polar surface area (TPSA) is 54.0 Å². The molecular formula is C16H21N3OS. The van der Waals surface area contributed by atoms with Gasteiger partial charge in [-0.1, -0.05) is 13.0 Å². The zero-order chi connectivity index (χ0) is 15.1. The van der Waals surface area contributed by atoms with Crippen molar-refractivity contribution in [1.29, 1.82) is 0 Å². The maximum atomic E-state index is 12.4. The molecule has 2 rings (SSSR count). The summed E-state index contributed by atoms with van der Waals surface area (Å²) in [5, 5.41) is 8.29. The number of nitrogens with one attached hydrogen (secondary N) is 2.